The number of amides is 5. The predicted octanol–water partition coefficient (Wildman–Crippen LogP) is 7.76. The van der Waals surface area contributed by atoms with Crippen LogP contribution in [0.1, 0.15) is 66.6 Å². The van der Waals surface area contributed by atoms with E-state index in [-0.39, 0.29) is 38.6 Å². The summed E-state index contributed by atoms with van der Waals surface area (Å²) in [5.41, 5.74) is 5.03. The van der Waals surface area contributed by atoms with Crippen molar-refractivity contribution in [1.82, 2.24) is 26.6 Å². The van der Waals surface area contributed by atoms with E-state index in [0.717, 1.165) is 38.9 Å². The lowest BCUT2D eigenvalue weighted by Crippen LogP contribution is -2.54. The number of nitrogens with one attached hydrogen (secondary N) is 5. The van der Waals surface area contributed by atoms with Crippen molar-refractivity contribution >= 4 is 36.1 Å². The molecule has 0 aliphatic carbocycles. The number of hydrogen-bond donors (Lipinski definition) is 5. The van der Waals surface area contributed by atoms with Crippen LogP contribution in [0.2, 0.25) is 0 Å². The van der Waals surface area contributed by atoms with E-state index in [0.29, 0.717) is 12.4 Å². The van der Waals surface area contributed by atoms with Crippen LogP contribution in [0, 0.1) is 13.8 Å². The molecule has 5 rings (SSSR count). The fourth-order valence-corrected chi connectivity index (χ4v) is 6.75. The van der Waals surface area contributed by atoms with Crippen LogP contribution in [0.15, 0.2) is 138 Å². The molecule has 0 fully saturated rings. The van der Waals surface area contributed by atoms with Crippen LogP contribution < -0.4 is 31.3 Å². The molecule has 5 amide bonds. The molecule has 0 radical (unpaired) electrons. The van der Waals surface area contributed by atoms with Gasteiger partial charge in [0.2, 0.25) is 17.8 Å². The third-order valence-corrected chi connectivity index (χ3v) is 10.1. The number of ether oxygens (including phenoxy) is 4. The first kappa shape index (κ1) is 50.3. The minimum Gasteiger partial charge on any atom is -0.489 e. The van der Waals surface area contributed by atoms with Gasteiger partial charge >= 0.3 is 18.3 Å². The lowest BCUT2D eigenvalue weighted by atomic mass is 9.95. The van der Waals surface area contributed by atoms with E-state index in [1.165, 1.54) is 6.92 Å². The van der Waals surface area contributed by atoms with E-state index in [1.54, 1.807) is 45.0 Å². The number of rotatable bonds is 18. The van der Waals surface area contributed by atoms with Crippen molar-refractivity contribution in [1.29, 1.82) is 0 Å². The first-order chi connectivity index (χ1) is 32.1. The number of aryl methyl sites for hydroxylation is 2. The van der Waals surface area contributed by atoms with E-state index in [4.69, 9.17) is 18.9 Å². The molecule has 0 aromatic heterocycles. The van der Waals surface area contributed by atoms with Crippen molar-refractivity contribution in [2.45, 2.75) is 97.9 Å². The zero-order chi connectivity index (χ0) is 48.2. The monoisotopic (exact) mass is 912 g/mol. The summed E-state index contributed by atoms with van der Waals surface area (Å²) in [6.07, 6.45) is -2.22. The van der Waals surface area contributed by atoms with E-state index in [1.807, 2.05) is 123 Å². The summed E-state index contributed by atoms with van der Waals surface area (Å²) in [6, 6.07) is 38.0. The maximum atomic E-state index is 14.0. The van der Waals surface area contributed by atoms with Crippen LogP contribution in [0.5, 0.6) is 5.75 Å². The fraction of sp³-hybridized carbons (Fsp3) is 0.308. The Labute approximate surface area is 392 Å². The van der Waals surface area contributed by atoms with Crippen molar-refractivity contribution in [3.8, 4) is 5.75 Å². The van der Waals surface area contributed by atoms with Crippen molar-refractivity contribution in [3.63, 3.8) is 0 Å². The maximum absolute atomic E-state index is 14.0. The Morgan fingerprint density at radius 2 is 1.04 bits per heavy atom. The van der Waals surface area contributed by atoms with E-state index >= 15 is 0 Å². The highest BCUT2D eigenvalue weighted by Gasteiger charge is 2.29. The quantitative estimate of drug-likeness (QED) is 0.0332. The molecule has 0 bridgehead atoms. The minimum absolute atomic E-state index is 0.0463. The first-order valence-electron chi connectivity index (χ1n) is 22.0. The molecule has 5 aromatic carbocycles. The molecule has 5 N–H and O–H groups in total. The van der Waals surface area contributed by atoms with Gasteiger partial charge in [0.25, 0.3) is 0 Å². The molecule has 0 aliphatic rings. The highest BCUT2D eigenvalue weighted by Crippen LogP contribution is 2.24. The van der Waals surface area contributed by atoms with Crippen LogP contribution in [0.3, 0.4) is 0 Å². The molecule has 0 heterocycles. The van der Waals surface area contributed by atoms with Gasteiger partial charge in [-0.2, -0.15) is 0 Å². The number of aliphatic imine (C=N–C) groups is 1. The maximum Gasteiger partial charge on any atom is 0.414 e. The van der Waals surface area contributed by atoms with Crippen molar-refractivity contribution in [2.24, 2.45) is 4.99 Å². The third kappa shape index (κ3) is 18.0. The number of nitrogens with zero attached hydrogens (tertiary/aromatic N) is 1. The Kier molecular flexibility index (Phi) is 18.9. The van der Waals surface area contributed by atoms with Crippen LogP contribution in [0.4, 0.5) is 14.4 Å². The average Bonchev–Trinajstić information content (AvgIpc) is 3.30. The zero-order valence-electron chi connectivity index (χ0n) is 38.8. The lowest BCUT2D eigenvalue weighted by Gasteiger charge is -2.25. The molecule has 0 saturated heterocycles. The molecule has 3 atom stereocenters. The molecule has 352 valence electrons. The van der Waals surface area contributed by atoms with Gasteiger partial charge in [-0.05, 0) is 99.0 Å². The van der Waals surface area contributed by atoms with Crippen molar-refractivity contribution < 1.29 is 42.9 Å². The topological polar surface area (TPSA) is 195 Å². The smallest absolute Gasteiger partial charge is 0.414 e. The molecule has 3 unspecified atom stereocenters. The van der Waals surface area contributed by atoms with Crippen molar-refractivity contribution in [2.75, 3.05) is 6.54 Å². The first-order valence-corrected chi connectivity index (χ1v) is 22.0. The van der Waals surface area contributed by atoms with Crippen LogP contribution >= 0.6 is 0 Å². The standard InChI is InChI=1S/C52H60N6O9/c1-35-27-43(64-32-39-21-13-8-14-22-39)28-36(2)44(35)30-45(56-51(63)67-52(4,5)6)47(60)54-37(3)46(59)53-31-42(29-38-19-11-7-12-20-38)55-48(57-49(61)65-33-40-23-15-9-16-24-40)58-50(62)66-34-41-25-17-10-18-26-41/h7-28,37,42,45H,29-34H2,1-6H3,(H,53,59)(H,54,60)(H,56,63)(H2,55,57,58,61,62). The molecular weight excluding hydrogens is 853 g/mol. The summed E-state index contributed by atoms with van der Waals surface area (Å²) < 4.78 is 22.4. The van der Waals surface area contributed by atoms with Crippen molar-refractivity contribution in [3.05, 3.63) is 172 Å². The van der Waals surface area contributed by atoms with Gasteiger partial charge in [-0.25, -0.2) is 19.4 Å². The summed E-state index contributed by atoms with van der Waals surface area (Å²) in [5, 5.41) is 13.3. The summed E-state index contributed by atoms with van der Waals surface area (Å²) in [4.78, 5) is 71.6. The SMILES string of the molecule is Cc1cc(OCc2ccccc2)cc(C)c1CC(NC(=O)OC(C)(C)C)C(=O)NC(C)C(=O)NCC(Cc1ccccc1)N=C(NC(=O)OCc1ccccc1)NC(=O)OCc1ccccc1. The Morgan fingerprint density at radius 3 is 1.52 bits per heavy atom. The Hall–Kier alpha value is -7.68. The van der Waals surface area contributed by atoms with Gasteiger partial charge in [-0.3, -0.25) is 20.2 Å². The van der Waals surface area contributed by atoms with Gasteiger partial charge in [-0.15, -0.1) is 0 Å². The van der Waals surface area contributed by atoms with E-state index in [9.17, 15) is 24.0 Å². The summed E-state index contributed by atoms with van der Waals surface area (Å²) >= 11 is 0. The van der Waals surface area contributed by atoms with Crippen LogP contribution in [0.25, 0.3) is 0 Å². The predicted molar refractivity (Wildman–Crippen MR) is 255 cm³/mol. The Balaban J connectivity index is 1.30. The molecule has 0 aliphatic heterocycles. The molecule has 67 heavy (non-hydrogen) atoms. The minimum atomic E-state index is -1.13. The molecule has 15 nitrogen and oxygen atoms in total. The van der Waals surface area contributed by atoms with Gasteiger partial charge in [0, 0.05) is 13.0 Å². The fourth-order valence-electron chi connectivity index (χ4n) is 6.75. The number of carbonyl (C=O) groups is 5. The zero-order valence-corrected chi connectivity index (χ0v) is 38.8. The van der Waals surface area contributed by atoms with Gasteiger partial charge in [0.1, 0.15) is 43.3 Å². The van der Waals surface area contributed by atoms with Gasteiger partial charge in [-0.1, -0.05) is 121 Å². The normalized spacial score (nSPS) is 12.2. The molecular formula is C52H60N6O9. The van der Waals surface area contributed by atoms with Crippen LogP contribution in [-0.2, 0) is 56.5 Å². The molecule has 0 saturated carbocycles. The number of hydrogen-bond acceptors (Lipinski definition) is 10. The third-order valence-electron chi connectivity index (χ3n) is 10.1. The second-order valence-electron chi connectivity index (χ2n) is 16.9. The number of guanidine groups is 1. The second kappa shape index (κ2) is 25.1. The average molecular weight is 913 g/mol. The summed E-state index contributed by atoms with van der Waals surface area (Å²) in [7, 11) is 0. The molecule has 15 heteroatoms. The number of benzene rings is 5. The lowest BCUT2D eigenvalue weighted by molar-refractivity contribution is -0.129. The number of carbonyl (C=O) groups excluding carboxylic acids is 5. The Bertz CT molecular complexity index is 2350. The van der Waals surface area contributed by atoms with E-state index in [2.05, 4.69) is 31.6 Å². The van der Waals surface area contributed by atoms with Crippen LogP contribution in [-0.4, -0.2) is 66.3 Å². The highest BCUT2D eigenvalue weighted by molar-refractivity contribution is 6.01. The second-order valence-corrected chi connectivity index (χ2v) is 16.9. The number of alkyl carbamates (subject to hydrolysis) is 3. The van der Waals surface area contributed by atoms with Gasteiger partial charge in [0.05, 0.1) is 6.04 Å². The summed E-state index contributed by atoms with van der Waals surface area (Å²) in [6.45, 7) is 10.7. The van der Waals surface area contributed by atoms with Gasteiger partial charge in [0.15, 0.2) is 0 Å². The van der Waals surface area contributed by atoms with Gasteiger partial charge < -0.3 is 34.9 Å². The highest BCUT2D eigenvalue weighted by atomic mass is 16.6. The molecule has 5 aromatic rings. The largest absolute Gasteiger partial charge is 0.489 e. The van der Waals surface area contributed by atoms with E-state index < -0.39 is 53.8 Å². The molecule has 0 spiro atoms. The Morgan fingerprint density at radius 1 is 0.582 bits per heavy atom. The summed E-state index contributed by atoms with van der Waals surface area (Å²) in [5.74, 6) is -0.787.